The van der Waals surface area contributed by atoms with Crippen LogP contribution in [-0.2, 0) is 17.1 Å². The number of halogens is 2. The van der Waals surface area contributed by atoms with Crippen molar-refractivity contribution in [3.63, 3.8) is 0 Å². The first-order valence-corrected chi connectivity index (χ1v) is 8.95. The molecule has 0 unspecified atom stereocenters. The number of carbonyl (C=O) groups is 1. The molecule has 0 aliphatic carbocycles. The fraction of sp³-hybridized carbons (Fsp3) is 0.312. The van der Waals surface area contributed by atoms with Gasteiger partial charge in [-0.2, -0.15) is 0 Å². The summed E-state index contributed by atoms with van der Waals surface area (Å²) in [7, 11) is -2.23. The number of rotatable bonds is 5. The van der Waals surface area contributed by atoms with Gasteiger partial charge in [-0.05, 0) is 38.5 Å². The summed E-state index contributed by atoms with van der Waals surface area (Å²) in [4.78, 5) is 12.3. The topological polar surface area (TPSA) is 80.2 Å². The molecule has 2 aromatic rings. The zero-order valence-corrected chi connectivity index (χ0v) is 15.0. The Morgan fingerprint density at radius 2 is 1.84 bits per heavy atom. The predicted octanol–water partition coefficient (Wildman–Crippen LogP) is 2.55. The fourth-order valence-corrected chi connectivity index (χ4v) is 3.60. The minimum atomic E-state index is -3.75. The molecule has 0 saturated heterocycles. The molecule has 2 rings (SSSR count). The second kappa shape index (κ2) is 6.93. The number of aromatic nitrogens is 1. The smallest absolute Gasteiger partial charge is 0.272 e. The van der Waals surface area contributed by atoms with Gasteiger partial charge in [0.2, 0.25) is 10.0 Å². The number of aryl methyl sites for hydroxylation is 2. The highest BCUT2D eigenvalue weighted by atomic mass is 32.2. The molecule has 0 atom stereocenters. The summed E-state index contributed by atoms with van der Waals surface area (Å²) in [6.07, 6.45) is 1.30. The van der Waals surface area contributed by atoms with Gasteiger partial charge in [0, 0.05) is 31.0 Å². The Labute approximate surface area is 144 Å². The van der Waals surface area contributed by atoms with E-state index >= 15 is 0 Å². The first-order valence-electron chi connectivity index (χ1n) is 7.47. The molecule has 0 saturated carbocycles. The molecule has 0 aliphatic rings. The van der Waals surface area contributed by atoms with E-state index in [1.165, 1.54) is 36.9 Å². The Balaban J connectivity index is 2.29. The van der Waals surface area contributed by atoms with Gasteiger partial charge < -0.3 is 9.88 Å². The molecule has 1 aromatic carbocycles. The molecule has 9 heteroatoms. The third kappa shape index (κ3) is 4.23. The Bertz CT molecular complexity index is 898. The van der Waals surface area contributed by atoms with Crippen LogP contribution in [0.4, 0.5) is 14.5 Å². The number of anilines is 1. The lowest BCUT2D eigenvalue weighted by Crippen LogP contribution is -2.29. The molecule has 0 fully saturated rings. The van der Waals surface area contributed by atoms with Crippen LogP contribution < -0.4 is 10.0 Å². The molecule has 1 amide bonds. The maximum Gasteiger partial charge on any atom is 0.272 e. The van der Waals surface area contributed by atoms with E-state index in [1.807, 2.05) is 0 Å². The highest BCUT2D eigenvalue weighted by molar-refractivity contribution is 7.89. The number of hydrogen-bond donors (Lipinski definition) is 2. The Hall–Kier alpha value is -2.26. The van der Waals surface area contributed by atoms with Gasteiger partial charge in [0.15, 0.2) is 11.6 Å². The van der Waals surface area contributed by atoms with Crippen molar-refractivity contribution >= 4 is 21.6 Å². The minimum absolute atomic E-state index is 0.0478. The van der Waals surface area contributed by atoms with Crippen molar-refractivity contribution in [1.82, 2.24) is 9.29 Å². The molecule has 25 heavy (non-hydrogen) atoms. The first kappa shape index (κ1) is 19.1. The van der Waals surface area contributed by atoms with E-state index in [0.29, 0.717) is 0 Å². The molecule has 2 N–H and O–H groups in total. The van der Waals surface area contributed by atoms with E-state index in [-0.39, 0.29) is 27.9 Å². The minimum Gasteiger partial charge on any atom is -0.345 e. The second-order valence-corrected chi connectivity index (χ2v) is 7.70. The van der Waals surface area contributed by atoms with Crippen LogP contribution in [-0.4, -0.2) is 24.9 Å². The zero-order chi connectivity index (χ0) is 18.9. The quantitative estimate of drug-likeness (QED) is 0.848. The van der Waals surface area contributed by atoms with Crippen molar-refractivity contribution in [3.05, 3.63) is 47.3 Å². The Kier molecular flexibility index (Phi) is 5.28. The monoisotopic (exact) mass is 371 g/mol. The number of carbonyl (C=O) groups excluding carboxylic acids is 1. The largest absolute Gasteiger partial charge is 0.345 e. The predicted molar refractivity (Wildman–Crippen MR) is 89.9 cm³/mol. The van der Waals surface area contributed by atoms with Crippen LogP contribution in [0.5, 0.6) is 0 Å². The van der Waals surface area contributed by atoms with E-state index < -0.39 is 27.6 Å². The Morgan fingerprint density at radius 1 is 1.20 bits per heavy atom. The Morgan fingerprint density at radius 3 is 2.40 bits per heavy atom. The lowest BCUT2D eigenvalue weighted by atomic mass is 10.2. The number of hydrogen-bond acceptors (Lipinski definition) is 3. The van der Waals surface area contributed by atoms with Crippen molar-refractivity contribution in [1.29, 1.82) is 0 Å². The van der Waals surface area contributed by atoms with E-state index in [1.54, 1.807) is 13.8 Å². The van der Waals surface area contributed by atoms with Crippen LogP contribution in [0, 0.1) is 18.6 Å². The van der Waals surface area contributed by atoms with Crippen LogP contribution in [0.1, 0.15) is 29.9 Å². The van der Waals surface area contributed by atoms with E-state index in [0.717, 1.165) is 6.07 Å². The molecular formula is C16H19F2N3O3S. The van der Waals surface area contributed by atoms with Gasteiger partial charge in [0.1, 0.15) is 10.6 Å². The highest BCUT2D eigenvalue weighted by Gasteiger charge is 2.21. The summed E-state index contributed by atoms with van der Waals surface area (Å²) in [5, 5.41) is 2.43. The van der Waals surface area contributed by atoms with Gasteiger partial charge in [-0.3, -0.25) is 4.79 Å². The maximum atomic E-state index is 13.4. The van der Waals surface area contributed by atoms with Gasteiger partial charge >= 0.3 is 0 Å². The summed E-state index contributed by atoms with van der Waals surface area (Å²) in [5.74, 6) is -2.70. The average Bonchev–Trinajstić information content (AvgIpc) is 2.86. The van der Waals surface area contributed by atoms with Crippen LogP contribution >= 0.6 is 0 Å². The molecule has 0 bridgehead atoms. The van der Waals surface area contributed by atoms with Gasteiger partial charge in [-0.1, -0.05) is 0 Å². The van der Waals surface area contributed by atoms with E-state index in [2.05, 4.69) is 10.0 Å². The normalized spacial score (nSPS) is 11.8. The van der Waals surface area contributed by atoms with E-state index in [4.69, 9.17) is 0 Å². The molecule has 6 nitrogen and oxygen atoms in total. The average molecular weight is 371 g/mol. The van der Waals surface area contributed by atoms with Crippen LogP contribution in [0.25, 0.3) is 0 Å². The molecule has 1 heterocycles. The zero-order valence-electron chi connectivity index (χ0n) is 14.2. The van der Waals surface area contributed by atoms with Crippen LogP contribution in [0.3, 0.4) is 0 Å². The SMILES string of the molecule is Cc1cc(NC(=O)c2cc(S(=O)(=O)NC(C)C)cn2C)cc(F)c1F. The van der Waals surface area contributed by atoms with Gasteiger partial charge in [-0.25, -0.2) is 21.9 Å². The lowest BCUT2D eigenvalue weighted by molar-refractivity contribution is 0.101. The molecule has 0 radical (unpaired) electrons. The first-order chi connectivity index (χ1) is 11.5. The summed E-state index contributed by atoms with van der Waals surface area (Å²) < 4.78 is 54.8. The van der Waals surface area contributed by atoms with Crippen molar-refractivity contribution in [2.45, 2.75) is 31.7 Å². The highest BCUT2D eigenvalue weighted by Crippen LogP contribution is 2.20. The lowest BCUT2D eigenvalue weighted by Gasteiger charge is -2.08. The molecule has 0 aliphatic heterocycles. The summed E-state index contributed by atoms with van der Waals surface area (Å²) >= 11 is 0. The van der Waals surface area contributed by atoms with E-state index in [9.17, 15) is 22.0 Å². The standard InChI is InChI=1S/C16H19F2N3O3S/c1-9(2)20-25(23,24)12-7-14(21(4)8-12)16(22)19-11-5-10(3)15(18)13(17)6-11/h5-9,20H,1-4H3,(H,19,22). The maximum absolute atomic E-state index is 13.4. The number of sulfonamides is 1. The number of benzene rings is 1. The van der Waals surface area contributed by atoms with Gasteiger partial charge in [0.25, 0.3) is 5.91 Å². The van der Waals surface area contributed by atoms with Crippen molar-refractivity contribution < 1.29 is 22.0 Å². The fourth-order valence-electron chi connectivity index (χ4n) is 2.28. The van der Waals surface area contributed by atoms with Gasteiger partial charge in [0.05, 0.1) is 0 Å². The van der Waals surface area contributed by atoms with Crippen molar-refractivity contribution in [2.24, 2.45) is 7.05 Å². The second-order valence-electron chi connectivity index (χ2n) is 5.99. The number of amides is 1. The summed E-state index contributed by atoms with van der Waals surface area (Å²) in [6.45, 7) is 4.73. The molecule has 136 valence electrons. The third-order valence-electron chi connectivity index (χ3n) is 3.38. The summed E-state index contributed by atoms with van der Waals surface area (Å²) in [6, 6.07) is 3.07. The van der Waals surface area contributed by atoms with Crippen LogP contribution in [0.15, 0.2) is 29.3 Å². The third-order valence-corrected chi connectivity index (χ3v) is 5.01. The van der Waals surface area contributed by atoms with Crippen LogP contribution in [0.2, 0.25) is 0 Å². The van der Waals surface area contributed by atoms with Gasteiger partial charge in [-0.15, -0.1) is 0 Å². The molecule has 1 aromatic heterocycles. The number of nitrogens with zero attached hydrogens (tertiary/aromatic N) is 1. The summed E-state index contributed by atoms with van der Waals surface area (Å²) in [5.41, 5.74) is 0.186. The number of nitrogens with one attached hydrogen (secondary N) is 2. The van der Waals surface area contributed by atoms with Crippen molar-refractivity contribution in [3.8, 4) is 0 Å². The molecular weight excluding hydrogens is 352 g/mol. The van der Waals surface area contributed by atoms with Crippen molar-refractivity contribution in [2.75, 3.05) is 5.32 Å². The molecule has 0 spiro atoms.